The van der Waals surface area contributed by atoms with E-state index in [0.29, 0.717) is 0 Å². The lowest BCUT2D eigenvalue weighted by atomic mass is 10.2. The molecule has 0 saturated heterocycles. The summed E-state index contributed by atoms with van der Waals surface area (Å²) in [5.74, 6) is -2.27. The summed E-state index contributed by atoms with van der Waals surface area (Å²) in [4.78, 5) is 0. The monoisotopic (exact) mass is 191 g/mol. The van der Waals surface area contributed by atoms with Gasteiger partial charge in [0.15, 0.2) is 11.6 Å². The fourth-order valence-electron chi connectivity index (χ4n) is 0.703. The Hall–Kier alpha value is -1.16. The molecule has 0 aliphatic heterocycles. The van der Waals surface area contributed by atoms with Gasteiger partial charge in [0.2, 0.25) is 0 Å². The quantitative estimate of drug-likeness (QED) is 0.314. The first-order valence-corrected chi connectivity index (χ1v) is 3.35. The van der Waals surface area contributed by atoms with Crippen LogP contribution in [0.15, 0.2) is 17.3 Å². The number of hydrogen-bond acceptors (Lipinski definition) is 2. The lowest BCUT2D eigenvalue weighted by Gasteiger charge is -1.98. The first-order valence-electron chi connectivity index (χ1n) is 2.97. The number of oxime groups is 1. The van der Waals surface area contributed by atoms with E-state index in [2.05, 4.69) is 5.16 Å². The molecule has 1 rings (SSSR count). The molecule has 2 nitrogen and oxygen atoms in total. The first kappa shape index (κ1) is 8.93. The second-order valence-electron chi connectivity index (χ2n) is 2.01. The standard InChI is InChI=1S/C7H4ClF2NO/c8-5-2-1-4(3-11-12)6(9)7(5)10/h1-3,12H. The van der Waals surface area contributed by atoms with Crippen molar-refractivity contribution < 1.29 is 14.0 Å². The molecule has 0 atom stereocenters. The van der Waals surface area contributed by atoms with Gasteiger partial charge in [-0.15, -0.1) is 0 Å². The third kappa shape index (κ3) is 1.53. The first-order chi connectivity index (χ1) is 5.66. The fourth-order valence-corrected chi connectivity index (χ4v) is 0.849. The highest BCUT2D eigenvalue weighted by atomic mass is 35.5. The van der Waals surface area contributed by atoms with Gasteiger partial charge < -0.3 is 5.21 Å². The molecule has 5 heteroatoms. The zero-order chi connectivity index (χ0) is 9.14. The van der Waals surface area contributed by atoms with E-state index in [-0.39, 0.29) is 10.6 Å². The maximum Gasteiger partial charge on any atom is 0.178 e. The summed E-state index contributed by atoms with van der Waals surface area (Å²) in [6, 6.07) is 2.39. The molecule has 64 valence electrons. The van der Waals surface area contributed by atoms with Crippen molar-refractivity contribution in [3.05, 3.63) is 34.4 Å². The Labute approximate surface area is 72.1 Å². The molecule has 1 N–H and O–H groups in total. The smallest absolute Gasteiger partial charge is 0.178 e. The zero-order valence-electron chi connectivity index (χ0n) is 5.76. The zero-order valence-corrected chi connectivity index (χ0v) is 6.52. The normalized spacial score (nSPS) is 10.9. The third-order valence-electron chi connectivity index (χ3n) is 1.26. The molecule has 0 aliphatic rings. The van der Waals surface area contributed by atoms with Crippen LogP contribution in [-0.4, -0.2) is 11.4 Å². The highest BCUT2D eigenvalue weighted by molar-refractivity contribution is 6.30. The molecule has 0 aromatic heterocycles. The van der Waals surface area contributed by atoms with Gasteiger partial charge in [0.25, 0.3) is 0 Å². The average Bonchev–Trinajstić information content (AvgIpc) is 2.07. The van der Waals surface area contributed by atoms with Gasteiger partial charge in [-0.25, -0.2) is 8.78 Å². The highest BCUT2D eigenvalue weighted by Gasteiger charge is 2.10. The van der Waals surface area contributed by atoms with Crippen molar-refractivity contribution in [2.24, 2.45) is 5.16 Å². The van der Waals surface area contributed by atoms with Crippen molar-refractivity contribution in [1.29, 1.82) is 0 Å². The molecule has 0 unspecified atom stereocenters. The lowest BCUT2D eigenvalue weighted by molar-refractivity contribution is 0.321. The summed E-state index contributed by atoms with van der Waals surface area (Å²) >= 11 is 5.26. The van der Waals surface area contributed by atoms with E-state index in [4.69, 9.17) is 16.8 Å². The van der Waals surface area contributed by atoms with E-state index in [1.807, 2.05) is 0 Å². The molecule has 12 heavy (non-hydrogen) atoms. The predicted octanol–water partition coefficient (Wildman–Crippen LogP) is 2.43. The van der Waals surface area contributed by atoms with Crippen LogP contribution in [0.5, 0.6) is 0 Å². The van der Waals surface area contributed by atoms with Crippen molar-refractivity contribution in [3.8, 4) is 0 Å². The minimum Gasteiger partial charge on any atom is -0.411 e. The van der Waals surface area contributed by atoms with E-state index in [1.165, 1.54) is 12.1 Å². The Morgan fingerprint density at radius 3 is 2.58 bits per heavy atom. The van der Waals surface area contributed by atoms with Crippen LogP contribution in [0.3, 0.4) is 0 Å². The predicted molar refractivity (Wildman–Crippen MR) is 40.7 cm³/mol. The van der Waals surface area contributed by atoms with E-state index in [1.54, 1.807) is 0 Å². The van der Waals surface area contributed by atoms with Crippen LogP contribution in [0.2, 0.25) is 5.02 Å². The van der Waals surface area contributed by atoms with Crippen molar-refractivity contribution in [2.75, 3.05) is 0 Å². The maximum atomic E-state index is 12.8. The fraction of sp³-hybridized carbons (Fsp3) is 0. The van der Waals surface area contributed by atoms with Gasteiger partial charge in [0.05, 0.1) is 11.2 Å². The van der Waals surface area contributed by atoms with Crippen LogP contribution in [-0.2, 0) is 0 Å². The molecular weight excluding hydrogens is 188 g/mol. The van der Waals surface area contributed by atoms with E-state index >= 15 is 0 Å². The molecule has 0 amide bonds. The van der Waals surface area contributed by atoms with Crippen molar-refractivity contribution in [3.63, 3.8) is 0 Å². The van der Waals surface area contributed by atoms with Gasteiger partial charge in [-0.05, 0) is 12.1 Å². The van der Waals surface area contributed by atoms with Crippen LogP contribution in [0.1, 0.15) is 5.56 Å². The maximum absolute atomic E-state index is 12.8. The minimum atomic E-state index is -1.14. The second-order valence-corrected chi connectivity index (χ2v) is 2.42. The van der Waals surface area contributed by atoms with Gasteiger partial charge in [-0.1, -0.05) is 16.8 Å². The van der Waals surface area contributed by atoms with Gasteiger partial charge in [0.1, 0.15) is 0 Å². The Bertz CT molecular complexity index is 327. The van der Waals surface area contributed by atoms with Gasteiger partial charge >= 0.3 is 0 Å². The summed E-state index contributed by atoms with van der Waals surface area (Å²) in [6.07, 6.45) is 0.786. The summed E-state index contributed by atoms with van der Waals surface area (Å²) < 4.78 is 25.5. The van der Waals surface area contributed by atoms with Gasteiger partial charge in [0, 0.05) is 5.56 Å². The highest BCUT2D eigenvalue weighted by Crippen LogP contribution is 2.19. The lowest BCUT2D eigenvalue weighted by Crippen LogP contribution is -1.93. The summed E-state index contributed by atoms with van der Waals surface area (Å²) in [5, 5.41) is 10.3. The molecule has 1 aromatic carbocycles. The summed E-state index contributed by atoms with van der Waals surface area (Å²) in [6.45, 7) is 0. The topological polar surface area (TPSA) is 32.6 Å². The van der Waals surface area contributed by atoms with Crippen LogP contribution in [0.4, 0.5) is 8.78 Å². The van der Waals surface area contributed by atoms with Crippen molar-refractivity contribution >= 4 is 17.8 Å². The number of rotatable bonds is 1. The summed E-state index contributed by atoms with van der Waals surface area (Å²) in [5.41, 5.74) is -0.153. The van der Waals surface area contributed by atoms with Gasteiger partial charge in [-0.3, -0.25) is 0 Å². The number of benzene rings is 1. The molecule has 0 heterocycles. The van der Waals surface area contributed by atoms with Crippen LogP contribution in [0.25, 0.3) is 0 Å². The van der Waals surface area contributed by atoms with Gasteiger partial charge in [-0.2, -0.15) is 0 Å². The largest absolute Gasteiger partial charge is 0.411 e. The van der Waals surface area contributed by atoms with Crippen molar-refractivity contribution in [1.82, 2.24) is 0 Å². The second kappa shape index (κ2) is 3.49. The average molecular weight is 192 g/mol. The molecule has 0 radical (unpaired) electrons. The Balaban J connectivity index is 3.26. The Morgan fingerprint density at radius 2 is 2.00 bits per heavy atom. The molecule has 0 saturated carbocycles. The molecule has 0 bridgehead atoms. The van der Waals surface area contributed by atoms with E-state index in [0.717, 1.165) is 6.21 Å². The number of hydrogen-bond donors (Lipinski definition) is 1. The molecule has 0 aliphatic carbocycles. The Morgan fingerprint density at radius 1 is 1.33 bits per heavy atom. The number of halogens is 3. The van der Waals surface area contributed by atoms with E-state index < -0.39 is 11.6 Å². The SMILES string of the molecule is ON=Cc1ccc(Cl)c(F)c1F. The van der Waals surface area contributed by atoms with Crippen LogP contribution < -0.4 is 0 Å². The van der Waals surface area contributed by atoms with Crippen LogP contribution in [0, 0.1) is 11.6 Å². The number of nitrogens with zero attached hydrogens (tertiary/aromatic N) is 1. The minimum absolute atomic E-state index is 0.153. The van der Waals surface area contributed by atoms with Crippen LogP contribution >= 0.6 is 11.6 Å². The van der Waals surface area contributed by atoms with E-state index in [9.17, 15) is 8.78 Å². The molecule has 0 spiro atoms. The third-order valence-corrected chi connectivity index (χ3v) is 1.55. The van der Waals surface area contributed by atoms with Crippen molar-refractivity contribution in [2.45, 2.75) is 0 Å². The summed E-state index contributed by atoms with van der Waals surface area (Å²) in [7, 11) is 0. The Kier molecular flexibility index (Phi) is 2.60. The molecular formula is C7H4ClF2NO. The molecule has 0 fully saturated rings. The molecule has 1 aromatic rings.